The third kappa shape index (κ3) is 4.41. The highest BCUT2D eigenvalue weighted by Crippen LogP contribution is 2.25. The Morgan fingerprint density at radius 3 is 2.50 bits per heavy atom. The summed E-state index contributed by atoms with van der Waals surface area (Å²) in [7, 11) is 3.28. The van der Waals surface area contributed by atoms with Crippen LogP contribution in [0.15, 0.2) is 18.2 Å². The number of rotatable bonds is 4. The SMILES string of the molecule is C#CCOC(=O)c1cc(NC(=O)C(F)(F)F)ccc1N(C)C. The van der Waals surface area contributed by atoms with Crippen LogP contribution in [0.3, 0.4) is 0 Å². The zero-order valence-corrected chi connectivity index (χ0v) is 11.8. The molecule has 118 valence electrons. The molecule has 1 N–H and O–H groups in total. The third-order valence-corrected chi connectivity index (χ3v) is 2.50. The van der Waals surface area contributed by atoms with Gasteiger partial charge in [-0.05, 0) is 18.2 Å². The molecule has 0 fully saturated rings. The number of benzene rings is 1. The molecule has 0 saturated heterocycles. The first-order chi connectivity index (χ1) is 10.2. The van der Waals surface area contributed by atoms with Crippen molar-refractivity contribution < 1.29 is 27.5 Å². The minimum atomic E-state index is -5.02. The van der Waals surface area contributed by atoms with E-state index >= 15 is 0 Å². The zero-order chi connectivity index (χ0) is 16.9. The first-order valence-electron chi connectivity index (χ1n) is 5.97. The van der Waals surface area contributed by atoms with E-state index in [1.54, 1.807) is 24.3 Å². The number of alkyl halides is 3. The molecule has 0 aliphatic carbocycles. The van der Waals surface area contributed by atoms with Crippen molar-refractivity contribution in [3.8, 4) is 12.3 Å². The number of amides is 1. The van der Waals surface area contributed by atoms with Gasteiger partial charge >= 0.3 is 18.1 Å². The maximum atomic E-state index is 12.2. The molecular weight excluding hydrogens is 301 g/mol. The second kappa shape index (κ2) is 6.85. The van der Waals surface area contributed by atoms with Crippen molar-refractivity contribution in [2.45, 2.75) is 6.18 Å². The molecule has 1 amide bonds. The molecule has 0 saturated carbocycles. The Morgan fingerprint density at radius 1 is 1.36 bits per heavy atom. The largest absolute Gasteiger partial charge is 0.471 e. The molecule has 0 aliphatic rings. The van der Waals surface area contributed by atoms with E-state index in [4.69, 9.17) is 11.2 Å². The molecule has 8 heteroatoms. The van der Waals surface area contributed by atoms with Gasteiger partial charge in [-0.3, -0.25) is 4.79 Å². The van der Waals surface area contributed by atoms with E-state index in [0.717, 1.165) is 6.07 Å². The Balaban J connectivity index is 3.12. The summed E-state index contributed by atoms with van der Waals surface area (Å²) in [6, 6.07) is 3.73. The van der Waals surface area contributed by atoms with E-state index < -0.39 is 18.1 Å². The fourth-order valence-electron chi connectivity index (χ4n) is 1.55. The van der Waals surface area contributed by atoms with Crippen LogP contribution in [-0.4, -0.2) is 38.8 Å². The molecule has 0 aliphatic heterocycles. The van der Waals surface area contributed by atoms with Gasteiger partial charge in [-0.2, -0.15) is 13.2 Å². The van der Waals surface area contributed by atoms with Crippen LogP contribution in [0.4, 0.5) is 24.5 Å². The fourth-order valence-corrected chi connectivity index (χ4v) is 1.55. The van der Waals surface area contributed by atoms with Crippen LogP contribution >= 0.6 is 0 Å². The van der Waals surface area contributed by atoms with Crippen molar-refractivity contribution in [1.29, 1.82) is 0 Å². The standard InChI is InChI=1S/C14H13F3N2O3/c1-4-7-22-12(20)10-8-9(5-6-11(10)19(2)3)18-13(21)14(15,16)17/h1,5-6,8H,7H2,2-3H3,(H,18,21). The van der Waals surface area contributed by atoms with E-state index in [2.05, 4.69) is 5.92 Å². The molecule has 22 heavy (non-hydrogen) atoms. The molecule has 0 radical (unpaired) electrons. The van der Waals surface area contributed by atoms with Gasteiger partial charge in [-0.15, -0.1) is 6.42 Å². The van der Waals surface area contributed by atoms with Gasteiger partial charge in [0.15, 0.2) is 6.61 Å². The monoisotopic (exact) mass is 314 g/mol. The fraction of sp³-hybridized carbons (Fsp3) is 0.286. The average Bonchev–Trinajstić information content (AvgIpc) is 2.43. The van der Waals surface area contributed by atoms with Gasteiger partial charge in [0.25, 0.3) is 0 Å². The normalized spacial score (nSPS) is 10.5. The van der Waals surface area contributed by atoms with Gasteiger partial charge in [0, 0.05) is 19.8 Å². The lowest BCUT2D eigenvalue weighted by Gasteiger charge is -2.18. The smallest absolute Gasteiger partial charge is 0.449 e. The van der Waals surface area contributed by atoms with Crippen molar-refractivity contribution in [1.82, 2.24) is 0 Å². The second-order valence-electron chi connectivity index (χ2n) is 4.36. The number of anilines is 2. The molecule has 0 bridgehead atoms. The Hall–Kier alpha value is -2.69. The predicted molar refractivity (Wildman–Crippen MR) is 74.6 cm³/mol. The van der Waals surface area contributed by atoms with Gasteiger partial charge in [0.1, 0.15) is 0 Å². The highest BCUT2D eigenvalue weighted by Gasteiger charge is 2.38. The number of hydrogen-bond donors (Lipinski definition) is 1. The van der Waals surface area contributed by atoms with E-state index in [0.29, 0.717) is 5.69 Å². The van der Waals surface area contributed by atoms with E-state index in [-0.39, 0.29) is 17.9 Å². The lowest BCUT2D eigenvalue weighted by Crippen LogP contribution is -2.30. The number of ether oxygens (including phenoxy) is 1. The van der Waals surface area contributed by atoms with Gasteiger partial charge in [0.2, 0.25) is 0 Å². The van der Waals surface area contributed by atoms with Gasteiger partial charge in [-0.1, -0.05) is 5.92 Å². The summed E-state index contributed by atoms with van der Waals surface area (Å²) in [5, 5.41) is 1.67. The van der Waals surface area contributed by atoms with Gasteiger partial charge in [-0.25, -0.2) is 4.79 Å². The predicted octanol–water partition coefficient (Wildman–Crippen LogP) is 2.04. The van der Waals surface area contributed by atoms with Crippen LogP contribution < -0.4 is 10.2 Å². The summed E-state index contributed by atoms with van der Waals surface area (Å²) in [6.45, 7) is -0.273. The van der Waals surface area contributed by atoms with E-state index in [9.17, 15) is 22.8 Å². The number of carbonyl (C=O) groups excluding carboxylic acids is 2. The summed E-state index contributed by atoms with van der Waals surface area (Å²) in [6.07, 6.45) is -0.0467. The number of carbonyl (C=O) groups is 2. The Bertz CT molecular complexity index is 619. The molecule has 0 spiro atoms. The molecule has 1 aromatic rings. The summed E-state index contributed by atoms with van der Waals surface area (Å²) in [5.74, 6) is -0.824. The first-order valence-corrected chi connectivity index (χ1v) is 5.97. The number of hydrogen-bond acceptors (Lipinski definition) is 4. The van der Waals surface area contributed by atoms with Crippen molar-refractivity contribution in [2.24, 2.45) is 0 Å². The topological polar surface area (TPSA) is 58.6 Å². The average molecular weight is 314 g/mol. The minimum Gasteiger partial charge on any atom is -0.449 e. The molecule has 1 aromatic carbocycles. The second-order valence-corrected chi connectivity index (χ2v) is 4.36. The van der Waals surface area contributed by atoms with Crippen LogP contribution in [0.5, 0.6) is 0 Å². The highest BCUT2D eigenvalue weighted by molar-refractivity contribution is 6.00. The van der Waals surface area contributed by atoms with Crippen LogP contribution in [0.25, 0.3) is 0 Å². The molecule has 0 heterocycles. The molecule has 0 unspecified atom stereocenters. The number of nitrogens with zero attached hydrogens (tertiary/aromatic N) is 1. The Kier molecular flexibility index (Phi) is 5.40. The zero-order valence-electron chi connectivity index (χ0n) is 11.8. The minimum absolute atomic E-state index is 0.0137. The lowest BCUT2D eigenvalue weighted by molar-refractivity contribution is -0.167. The lowest BCUT2D eigenvalue weighted by atomic mass is 10.1. The number of esters is 1. The van der Waals surface area contributed by atoms with Crippen molar-refractivity contribution in [3.05, 3.63) is 23.8 Å². The third-order valence-electron chi connectivity index (χ3n) is 2.50. The number of nitrogens with one attached hydrogen (secondary N) is 1. The van der Waals surface area contributed by atoms with E-state index in [1.165, 1.54) is 12.1 Å². The quantitative estimate of drug-likeness (QED) is 0.682. The highest BCUT2D eigenvalue weighted by atomic mass is 19.4. The Morgan fingerprint density at radius 2 is 2.00 bits per heavy atom. The molecule has 5 nitrogen and oxygen atoms in total. The van der Waals surface area contributed by atoms with Crippen LogP contribution in [-0.2, 0) is 9.53 Å². The van der Waals surface area contributed by atoms with E-state index in [1.807, 2.05) is 0 Å². The molecule has 0 atom stereocenters. The maximum Gasteiger partial charge on any atom is 0.471 e. The van der Waals surface area contributed by atoms with Crippen LogP contribution in [0.1, 0.15) is 10.4 Å². The van der Waals surface area contributed by atoms with Gasteiger partial charge < -0.3 is 15.0 Å². The molecule has 0 aromatic heterocycles. The molecule has 1 rings (SSSR count). The van der Waals surface area contributed by atoms with Crippen molar-refractivity contribution >= 4 is 23.3 Å². The summed E-state index contributed by atoms with van der Waals surface area (Å²) in [4.78, 5) is 24.4. The van der Waals surface area contributed by atoms with Crippen molar-refractivity contribution in [3.63, 3.8) is 0 Å². The van der Waals surface area contributed by atoms with Crippen LogP contribution in [0.2, 0.25) is 0 Å². The van der Waals surface area contributed by atoms with Crippen LogP contribution in [0, 0.1) is 12.3 Å². The van der Waals surface area contributed by atoms with Crippen molar-refractivity contribution in [2.75, 3.05) is 30.9 Å². The molecular formula is C14H13F3N2O3. The first kappa shape index (κ1) is 17.4. The number of terminal acetylenes is 1. The Labute approximate surface area is 125 Å². The van der Waals surface area contributed by atoms with Gasteiger partial charge in [0.05, 0.1) is 11.3 Å². The maximum absolute atomic E-state index is 12.2. The summed E-state index contributed by atoms with van der Waals surface area (Å²) in [5.41, 5.74) is 0.216. The number of halogens is 3. The summed E-state index contributed by atoms with van der Waals surface area (Å²) < 4.78 is 41.5. The summed E-state index contributed by atoms with van der Waals surface area (Å²) >= 11 is 0.